The number of ether oxygens (including phenoxy) is 1. The van der Waals surface area contributed by atoms with E-state index >= 15 is 0 Å². The summed E-state index contributed by atoms with van der Waals surface area (Å²) >= 11 is 0. The third-order valence-electron chi connectivity index (χ3n) is 4.28. The van der Waals surface area contributed by atoms with Crippen molar-refractivity contribution in [2.24, 2.45) is 5.73 Å². The fourth-order valence-electron chi connectivity index (χ4n) is 2.88. The van der Waals surface area contributed by atoms with Gasteiger partial charge in [-0.3, -0.25) is 19.6 Å². The molecule has 29 heavy (non-hydrogen) atoms. The van der Waals surface area contributed by atoms with Crippen LogP contribution < -0.4 is 15.8 Å². The lowest BCUT2D eigenvalue weighted by molar-refractivity contribution is 0.0997. The summed E-state index contributed by atoms with van der Waals surface area (Å²) in [4.78, 5) is 31.6. The molecule has 2 aromatic carbocycles. The second kappa shape index (κ2) is 7.77. The van der Waals surface area contributed by atoms with E-state index in [1.165, 1.54) is 18.5 Å². The number of amides is 2. The molecule has 2 aromatic heterocycles. The number of primary amides is 1. The maximum absolute atomic E-state index is 12.4. The number of carbonyl (C=O) groups is 2. The van der Waals surface area contributed by atoms with Crippen molar-refractivity contribution >= 4 is 28.3 Å². The van der Waals surface area contributed by atoms with Crippen molar-refractivity contribution in [2.45, 2.75) is 0 Å². The van der Waals surface area contributed by atoms with E-state index in [1.54, 1.807) is 30.6 Å². The van der Waals surface area contributed by atoms with E-state index in [0.717, 1.165) is 10.8 Å². The van der Waals surface area contributed by atoms with Crippen LogP contribution in [0, 0.1) is 0 Å². The first-order valence-corrected chi connectivity index (χ1v) is 8.77. The molecule has 7 nitrogen and oxygen atoms in total. The minimum absolute atomic E-state index is 0.213. The van der Waals surface area contributed by atoms with Crippen molar-refractivity contribution in [3.63, 3.8) is 0 Å². The molecule has 0 bridgehead atoms. The number of carbonyl (C=O) groups excluding carboxylic acids is 2. The molecule has 0 spiro atoms. The monoisotopic (exact) mass is 384 g/mol. The number of nitrogens with one attached hydrogen (secondary N) is 1. The Kier molecular flexibility index (Phi) is 4.86. The van der Waals surface area contributed by atoms with Crippen LogP contribution in [-0.4, -0.2) is 21.8 Å². The van der Waals surface area contributed by atoms with Crippen molar-refractivity contribution in [3.05, 3.63) is 90.5 Å². The van der Waals surface area contributed by atoms with Crippen molar-refractivity contribution in [2.75, 3.05) is 5.32 Å². The lowest BCUT2D eigenvalue weighted by Gasteiger charge is -2.11. The van der Waals surface area contributed by atoms with Crippen LogP contribution in [0.3, 0.4) is 0 Å². The summed E-state index contributed by atoms with van der Waals surface area (Å²) in [5.41, 5.74) is 6.76. The van der Waals surface area contributed by atoms with E-state index < -0.39 is 5.91 Å². The molecule has 7 heteroatoms. The molecule has 0 aliphatic rings. The first-order valence-electron chi connectivity index (χ1n) is 8.77. The number of pyridine rings is 2. The SMILES string of the molecule is NC(=O)c1cncc(Oc2ccc3c(NC(=O)c4ccncc4)cccc3c2)c1. The van der Waals surface area contributed by atoms with Gasteiger partial charge >= 0.3 is 0 Å². The zero-order valence-electron chi connectivity index (χ0n) is 15.2. The van der Waals surface area contributed by atoms with E-state index in [4.69, 9.17) is 10.5 Å². The lowest BCUT2D eigenvalue weighted by Crippen LogP contribution is -2.12. The van der Waals surface area contributed by atoms with Crippen LogP contribution in [0.4, 0.5) is 5.69 Å². The number of aromatic nitrogens is 2. The number of hydrogen-bond donors (Lipinski definition) is 2. The van der Waals surface area contributed by atoms with E-state index in [1.807, 2.05) is 30.3 Å². The molecule has 4 rings (SSSR count). The fourth-order valence-corrected chi connectivity index (χ4v) is 2.88. The molecule has 0 aliphatic carbocycles. The largest absolute Gasteiger partial charge is 0.456 e. The highest BCUT2D eigenvalue weighted by Crippen LogP contribution is 2.30. The highest BCUT2D eigenvalue weighted by Gasteiger charge is 2.09. The van der Waals surface area contributed by atoms with Crippen molar-refractivity contribution in [1.82, 2.24) is 9.97 Å². The number of hydrogen-bond acceptors (Lipinski definition) is 5. The minimum atomic E-state index is -0.573. The Balaban J connectivity index is 1.60. The molecule has 4 aromatic rings. The number of nitrogens with zero attached hydrogens (tertiary/aromatic N) is 2. The number of benzene rings is 2. The number of fused-ring (bicyclic) bond motifs is 1. The van der Waals surface area contributed by atoms with Crippen LogP contribution in [-0.2, 0) is 0 Å². The first kappa shape index (κ1) is 18.1. The Hall–Kier alpha value is -4.26. The van der Waals surface area contributed by atoms with Gasteiger partial charge < -0.3 is 15.8 Å². The Morgan fingerprint density at radius 3 is 2.48 bits per heavy atom. The molecule has 0 atom stereocenters. The van der Waals surface area contributed by atoms with Crippen molar-refractivity contribution < 1.29 is 14.3 Å². The predicted molar refractivity (Wildman–Crippen MR) is 109 cm³/mol. The smallest absolute Gasteiger partial charge is 0.255 e. The van der Waals surface area contributed by atoms with Gasteiger partial charge in [0.1, 0.15) is 11.5 Å². The molecule has 0 radical (unpaired) electrons. The number of nitrogens with two attached hydrogens (primary N) is 1. The average molecular weight is 384 g/mol. The standard InChI is InChI=1S/C22H16N4O3/c23-21(27)16-11-18(13-25-12-16)29-17-4-5-19-15(10-17)2-1-3-20(19)26-22(28)14-6-8-24-9-7-14/h1-13H,(H2,23,27)(H,26,28). The molecule has 0 aliphatic heterocycles. The van der Waals surface area contributed by atoms with Crippen LogP contribution in [0.15, 0.2) is 79.4 Å². The third-order valence-corrected chi connectivity index (χ3v) is 4.28. The van der Waals surface area contributed by atoms with Crippen molar-refractivity contribution in [3.8, 4) is 11.5 Å². The van der Waals surface area contributed by atoms with Gasteiger partial charge in [0.15, 0.2) is 0 Å². The van der Waals surface area contributed by atoms with Gasteiger partial charge in [0, 0.05) is 35.2 Å². The molecule has 0 unspecified atom stereocenters. The number of rotatable bonds is 5. The highest BCUT2D eigenvalue weighted by molar-refractivity contribution is 6.09. The van der Waals surface area contributed by atoms with Gasteiger partial charge in [0.05, 0.1) is 11.8 Å². The quantitative estimate of drug-likeness (QED) is 0.545. The number of anilines is 1. The second-order valence-electron chi connectivity index (χ2n) is 6.25. The third kappa shape index (κ3) is 4.03. The van der Waals surface area contributed by atoms with Crippen LogP contribution in [0.2, 0.25) is 0 Å². The minimum Gasteiger partial charge on any atom is -0.456 e. The maximum atomic E-state index is 12.4. The molecular formula is C22H16N4O3. The van der Waals surface area contributed by atoms with Crippen LogP contribution >= 0.6 is 0 Å². The molecule has 0 fully saturated rings. The van der Waals surface area contributed by atoms with Crippen LogP contribution in [0.25, 0.3) is 10.8 Å². The van der Waals surface area contributed by atoms with Gasteiger partial charge in [0.2, 0.25) is 5.91 Å². The van der Waals surface area contributed by atoms with Crippen molar-refractivity contribution in [1.29, 1.82) is 0 Å². The van der Waals surface area contributed by atoms with E-state index in [0.29, 0.717) is 22.7 Å². The van der Waals surface area contributed by atoms with E-state index in [2.05, 4.69) is 15.3 Å². The van der Waals surface area contributed by atoms with Gasteiger partial charge in [-0.05, 0) is 47.9 Å². The molecule has 0 saturated heterocycles. The molecule has 2 heterocycles. The van der Waals surface area contributed by atoms with Gasteiger partial charge in [-0.25, -0.2) is 0 Å². The Morgan fingerprint density at radius 2 is 1.69 bits per heavy atom. The summed E-state index contributed by atoms with van der Waals surface area (Å²) in [6.07, 6.45) is 6.03. The summed E-state index contributed by atoms with van der Waals surface area (Å²) in [6, 6.07) is 15.9. The van der Waals surface area contributed by atoms with Gasteiger partial charge in [0.25, 0.3) is 5.91 Å². The Bertz CT molecular complexity index is 1210. The molecule has 0 saturated carbocycles. The van der Waals surface area contributed by atoms with Gasteiger partial charge in [-0.1, -0.05) is 12.1 Å². The Labute approximate surface area is 166 Å². The maximum Gasteiger partial charge on any atom is 0.255 e. The summed E-state index contributed by atoms with van der Waals surface area (Å²) in [5, 5.41) is 4.67. The van der Waals surface area contributed by atoms with E-state index in [9.17, 15) is 9.59 Å². The topological polar surface area (TPSA) is 107 Å². The highest BCUT2D eigenvalue weighted by atomic mass is 16.5. The summed E-state index contributed by atoms with van der Waals surface area (Å²) in [6.45, 7) is 0. The van der Waals surface area contributed by atoms with Crippen LogP contribution in [0.1, 0.15) is 20.7 Å². The first-order chi connectivity index (χ1) is 14.1. The summed E-state index contributed by atoms with van der Waals surface area (Å²) < 4.78 is 5.80. The molecular weight excluding hydrogens is 368 g/mol. The zero-order valence-corrected chi connectivity index (χ0v) is 15.2. The fraction of sp³-hybridized carbons (Fsp3) is 0. The molecule has 2 amide bonds. The normalized spacial score (nSPS) is 10.5. The van der Waals surface area contributed by atoms with Crippen LogP contribution in [0.5, 0.6) is 11.5 Å². The summed E-state index contributed by atoms with van der Waals surface area (Å²) in [7, 11) is 0. The average Bonchev–Trinajstić information content (AvgIpc) is 2.74. The Morgan fingerprint density at radius 1 is 0.862 bits per heavy atom. The summed E-state index contributed by atoms with van der Waals surface area (Å²) in [5.74, 6) is 0.187. The van der Waals surface area contributed by atoms with E-state index in [-0.39, 0.29) is 11.5 Å². The molecule has 142 valence electrons. The molecule has 3 N–H and O–H groups in total. The second-order valence-corrected chi connectivity index (χ2v) is 6.25. The van der Waals surface area contributed by atoms with Gasteiger partial charge in [-0.2, -0.15) is 0 Å². The zero-order chi connectivity index (χ0) is 20.2. The van der Waals surface area contributed by atoms with Gasteiger partial charge in [-0.15, -0.1) is 0 Å². The predicted octanol–water partition coefficient (Wildman–Crippen LogP) is 3.77. The lowest BCUT2D eigenvalue weighted by atomic mass is 10.1.